The summed E-state index contributed by atoms with van der Waals surface area (Å²) in [5, 5.41) is 2.99. The molecule has 1 atom stereocenters. The average Bonchev–Trinajstić information content (AvgIpc) is 3.27. The SMILES string of the molecule is CC(C(=O)NCc1ccc(C#CCN)cc1)C1CC1. The van der Waals surface area contributed by atoms with Crippen molar-refractivity contribution in [2.24, 2.45) is 17.6 Å². The van der Waals surface area contributed by atoms with Crippen molar-refractivity contribution in [3.63, 3.8) is 0 Å². The Morgan fingerprint density at radius 2 is 2.11 bits per heavy atom. The van der Waals surface area contributed by atoms with Crippen molar-refractivity contribution in [3.8, 4) is 11.8 Å². The van der Waals surface area contributed by atoms with Crippen LogP contribution in [0.3, 0.4) is 0 Å². The topological polar surface area (TPSA) is 55.1 Å². The average molecular weight is 256 g/mol. The lowest BCUT2D eigenvalue weighted by Crippen LogP contribution is -2.29. The fourth-order valence-corrected chi connectivity index (χ4v) is 2.02. The minimum Gasteiger partial charge on any atom is -0.352 e. The third-order valence-corrected chi connectivity index (χ3v) is 3.50. The molecule has 1 unspecified atom stereocenters. The molecular formula is C16H20N2O. The third-order valence-electron chi connectivity index (χ3n) is 3.50. The van der Waals surface area contributed by atoms with Gasteiger partial charge in [-0.3, -0.25) is 4.79 Å². The predicted octanol–water partition coefficient (Wildman–Crippen LogP) is 1.66. The van der Waals surface area contributed by atoms with Crippen LogP contribution in [0.25, 0.3) is 0 Å². The summed E-state index contributed by atoms with van der Waals surface area (Å²) >= 11 is 0. The minimum absolute atomic E-state index is 0.148. The van der Waals surface area contributed by atoms with Gasteiger partial charge in [0.05, 0.1) is 6.54 Å². The van der Waals surface area contributed by atoms with Crippen molar-refractivity contribution in [1.29, 1.82) is 0 Å². The smallest absolute Gasteiger partial charge is 0.223 e. The van der Waals surface area contributed by atoms with Gasteiger partial charge in [-0.2, -0.15) is 0 Å². The van der Waals surface area contributed by atoms with E-state index in [4.69, 9.17) is 5.73 Å². The van der Waals surface area contributed by atoms with E-state index in [0.717, 1.165) is 11.1 Å². The second-order valence-corrected chi connectivity index (χ2v) is 5.05. The molecule has 2 rings (SSSR count). The molecule has 0 aromatic heterocycles. The highest BCUT2D eigenvalue weighted by atomic mass is 16.1. The molecule has 1 aliphatic rings. The lowest BCUT2D eigenvalue weighted by molar-refractivity contribution is -0.125. The zero-order valence-corrected chi connectivity index (χ0v) is 11.3. The normalized spacial score (nSPS) is 15.3. The highest BCUT2D eigenvalue weighted by molar-refractivity contribution is 5.78. The Morgan fingerprint density at radius 1 is 1.42 bits per heavy atom. The highest BCUT2D eigenvalue weighted by Crippen LogP contribution is 2.36. The molecular weight excluding hydrogens is 236 g/mol. The zero-order chi connectivity index (χ0) is 13.7. The molecule has 1 aromatic carbocycles. The largest absolute Gasteiger partial charge is 0.352 e. The Morgan fingerprint density at radius 3 is 2.68 bits per heavy atom. The number of rotatable bonds is 4. The van der Waals surface area contributed by atoms with Crippen LogP contribution in [0.2, 0.25) is 0 Å². The van der Waals surface area contributed by atoms with Gasteiger partial charge < -0.3 is 11.1 Å². The maximum atomic E-state index is 11.9. The van der Waals surface area contributed by atoms with Gasteiger partial charge >= 0.3 is 0 Å². The lowest BCUT2D eigenvalue weighted by atomic mass is 10.1. The van der Waals surface area contributed by atoms with E-state index >= 15 is 0 Å². The molecule has 0 heterocycles. The van der Waals surface area contributed by atoms with Crippen LogP contribution in [-0.2, 0) is 11.3 Å². The van der Waals surface area contributed by atoms with E-state index in [1.54, 1.807) is 0 Å². The maximum Gasteiger partial charge on any atom is 0.223 e. The standard InChI is InChI=1S/C16H20N2O/c1-12(15-8-9-15)16(19)18-11-14-6-4-13(5-7-14)3-2-10-17/h4-7,12,15H,8-11,17H2,1H3,(H,18,19). The van der Waals surface area contributed by atoms with Gasteiger partial charge in [-0.25, -0.2) is 0 Å². The number of benzene rings is 1. The number of carbonyl (C=O) groups is 1. The summed E-state index contributed by atoms with van der Waals surface area (Å²) < 4.78 is 0. The van der Waals surface area contributed by atoms with Gasteiger partial charge in [-0.15, -0.1) is 0 Å². The first kappa shape index (κ1) is 13.6. The first-order valence-electron chi connectivity index (χ1n) is 6.76. The quantitative estimate of drug-likeness (QED) is 0.805. The van der Waals surface area contributed by atoms with Gasteiger partial charge in [0.1, 0.15) is 0 Å². The third kappa shape index (κ3) is 4.11. The maximum absolute atomic E-state index is 11.9. The van der Waals surface area contributed by atoms with Crippen LogP contribution in [0.4, 0.5) is 0 Å². The molecule has 0 aliphatic heterocycles. The summed E-state index contributed by atoms with van der Waals surface area (Å²) in [4.78, 5) is 11.9. The van der Waals surface area contributed by atoms with E-state index in [9.17, 15) is 4.79 Å². The van der Waals surface area contributed by atoms with Crippen LogP contribution in [0.5, 0.6) is 0 Å². The molecule has 0 spiro atoms. The van der Waals surface area contributed by atoms with Gasteiger partial charge in [-0.05, 0) is 36.5 Å². The predicted molar refractivity (Wildman–Crippen MR) is 76.1 cm³/mol. The van der Waals surface area contributed by atoms with Crippen molar-refractivity contribution in [3.05, 3.63) is 35.4 Å². The number of nitrogens with two attached hydrogens (primary N) is 1. The Labute approximate surface area is 114 Å². The Kier molecular flexibility index (Phi) is 4.59. The summed E-state index contributed by atoms with van der Waals surface area (Å²) in [6, 6.07) is 7.88. The minimum atomic E-state index is 0.148. The molecule has 3 nitrogen and oxygen atoms in total. The van der Waals surface area contributed by atoms with E-state index in [-0.39, 0.29) is 11.8 Å². The van der Waals surface area contributed by atoms with Gasteiger partial charge in [0.15, 0.2) is 0 Å². The molecule has 1 aliphatic carbocycles. The number of hydrogen-bond acceptors (Lipinski definition) is 2. The monoisotopic (exact) mass is 256 g/mol. The molecule has 1 amide bonds. The summed E-state index contributed by atoms with van der Waals surface area (Å²) in [7, 11) is 0. The van der Waals surface area contributed by atoms with E-state index in [1.807, 2.05) is 31.2 Å². The van der Waals surface area contributed by atoms with E-state index < -0.39 is 0 Å². The molecule has 3 N–H and O–H groups in total. The van der Waals surface area contributed by atoms with E-state index in [1.165, 1.54) is 12.8 Å². The summed E-state index contributed by atoms with van der Waals surface area (Å²) in [5.74, 6) is 6.71. The summed E-state index contributed by atoms with van der Waals surface area (Å²) in [6.45, 7) is 2.97. The lowest BCUT2D eigenvalue weighted by Gasteiger charge is -2.11. The first-order valence-corrected chi connectivity index (χ1v) is 6.76. The van der Waals surface area contributed by atoms with E-state index in [0.29, 0.717) is 19.0 Å². The number of amides is 1. The molecule has 0 bridgehead atoms. The molecule has 3 heteroatoms. The molecule has 1 aromatic rings. The van der Waals surface area contributed by atoms with Crippen molar-refractivity contribution in [2.75, 3.05) is 6.54 Å². The second kappa shape index (κ2) is 6.40. The Balaban J connectivity index is 1.84. The van der Waals surface area contributed by atoms with Crippen LogP contribution < -0.4 is 11.1 Å². The van der Waals surface area contributed by atoms with Crippen LogP contribution >= 0.6 is 0 Å². The van der Waals surface area contributed by atoms with Crippen molar-refractivity contribution in [2.45, 2.75) is 26.3 Å². The van der Waals surface area contributed by atoms with Gasteiger partial charge in [0.2, 0.25) is 5.91 Å². The Bertz CT molecular complexity index is 492. The van der Waals surface area contributed by atoms with Crippen LogP contribution in [-0.4, -0.2) is 12.5 Å². The highest BCUT2D eigenvalue weighted by Gasteiger charge is 2.32. The summed E-state index contributed by atoms with van der Waals surface area (Å²) in [5.41, 5.74) is 7.37. The molecule has 1 saturated carbocycles. The molecule has 100 valence electrons. The van der Waals surface area contributed by atoms with Crippen LogP contribution in [0, 0.1) is 23.7 Å². The zero-order valence-electron chi connectivity index (χ0n) is 11.3. The number of carbonyl (C=O) groups excluding carboxylic acids is 1. The van der Waals surface area contributed by atoms with Crippen LogP contribution in [0.1, 0.15) is 30.9 Å². The molecule has 0 saturated heterocycles. The Hall–Kier alpha value is -1.79. The van der Waals surface area contributed by atoms with Gasteiger partial charge in [0.25, 0.3) is 0 Å². The van der Waals surface area contributed by atoms with Gasteiger partial charge in [0, 0.05) is 18.0 Å². The molecule has 19 heavy (non-hydrogen) atoms. The molecule has 1 fully saturated rings. The number of hydrogen-bond donors (Lipinski definition) is 2. The first-order chi connectivity index (χ1) is 9.20. The van der Waals surface area contributed by atoms with Crippen molar-refractivity contribution < 1.29 is 4.79 Å². The van der Waals surface area contributed by atoms with Gasteiger partial charge in [-0.1, -0.05) is 30.9 Å². The summed E-state index contributed by atoms with van der Waals surface area (Å²) in [6.07, 6.45) is 2.40. The second-order valence-electron chi connectivity index (χ2n) is 5.05. The fraction of sp³-hybridized carbons (Fsp3) is 0.438. The molecule has 0 radical (unpaired) electrons. The van der Waals surface area contributed by atoms with Crippen molar-refractivity contribution in [1.82, 2.24) is 5.32 Å². The van der Waals surface area contributed by atoms with E-state index in [2.05, 4.69) is 17.2 Å². The fourth-order valence-electron chi connectivity index (χ4n) is 2.02. The van der Waals surface area contributed by atoms with Crippen molar-refractivity contribution >= 4 is 5.91 Å². The number of nitrogens with one attached hydrogen (secondary N) is 1. The van der Waals surface area contributed by atoms with Crippen LogP contribution in [0.15, 0.2) is 24.3 Å².